The number of carbonyl (C=O) groups excluding carboxylic acids is 1. The van der Waals surface area contributed by atoms with Crippen molar-refractivity contribution in [1.29, 1.82) is 0 Å². The molecule has 0 saturated carbocycles. The van der Waals surface area contributed by atoms with E-state index in [4.69, 9.17) is 21.7 Å². The highest BCUT2D eigenvalue weighted by Crippen LogP contribution is 2.34. The van der Waals surface area contributed by atoms with E-state index in [0.717, 1.165) is 28.3 Å². The first kappa shape index (κ1) is 18.9. The first-order chi connectivity index (χ1) is 13.0. The lowest BCUT2D eigenvalue weighted by Crippen LogP contribution is -2.48. The number of anilines is 1. The van der Waals surface area contributed by atoms with E-state index >= 15 is 0 Å². The Morgan fingerprint density at radius 2 is 1.67 bits per heavy atom. The number of allylic oxidation sites excluding steroid dienone is 1. The number of carbonyl (C=O) groups is 1. The lowest BCUT2D eigenvalue weighted by Gasteiger charge is -2.37. The third-order valence-corrected chi connectivity index (χ3v) is 4.93. The molecule has 0 aromatic heterocycles. The molecule has 1 aliphatic heterocycles. The predicted octanol–water partition coefficient (Wildman–Crippen LogP) is 3.89. The third-order valence-electron chi connectivity index (χ3n) is 4.63. The van der Waals surface area contributed by atoms with E-state index in [-0.39, 0.29) is 12.0 Å². The van der Waals surface area contributed by atoms with Crippen molar-refractivity contribution in [2.45, 2.75) is 19.9 Å². The lowest BCUT2D eigenvalue weighted by molar-refractivity contribution is -0.136. The van der Waals surface area contributed by atoms with Crippen LogP contribution < -0.4 is 15.0 Å². The molecular weight excluding hydrogens is 360 g/mol. The fourth-order valence-corrected chi connectivity index (χ4v) is 3.53. The van der Waals surface area contributed by atoms with Gasteiger partial charge in [-0.05, 0) is 55.9 Å². The van der Waals surface area contributed by atoms with Crippen molar-refractivity contribution in [3.8, 4) is 5.75 Å². The molecule has 2 aromatic rings. The molecule has 140 valence electrons. The van der Waals surface area contributed by atoms with Gasteiger partial charge >= 0.3 is 5.97 Å². The largest absolute Gasteiger partial charge is 0.497 e. The standard InChI is InChI=1S/C21H22N2O3S/c1-13-5-7-15(8-6-13)19-18(20(24)26-4)14(2)23(21(27)22-19)16-9-11-17(25-3)12-10-16/h5-12,19H,1-4H3,(H,22,27). The van der Waals surface area contributed by atoms with Crippen LogP contribution in [0.5, 0.6) is 5.75 Å². The maximum absolute atomic E-state index is 12.6. The summed E-state index contributed by atoms with van der Waals surface area (Å²) in [7, 11) is 3.01. The van der Waals surface area contributed by atoms with Crippen molar-refractivity contribution in [2.24, 2.45) is 0 Å². The van der Waals surface area contributed by atoms with Gasteiger partial charge in [0.2, 0.25) is 0 Å². The Hall–Kier alpha value is -2.86. The molecule has 1 aliphatic rings. The van der Waals surface area contributed by atoms with E-state index in [1.165, 1.54) is 7.11 Å². The fraction of sp³-hybridized carbons (Fsp3) is 0.238. The maximum atomic E-state index is 12.6. The molecule has 1 N–H and O–H groups in total. The molecule has 1 heterocycles. The Morgan fingerprint density at radius 3 is 2.22 bits per heavy atom. The predicted molar refractivity (Wildman–Crippen MR) is 110 cm³/mol. The van der Waals surface area contributed by atoms with Gasteiger partial charge in [0.05, 0.1) is 25.8 Å². The number of methoxy groups -OCH3 is 2. The number of esters is 1. The molecule has 0 amide bonds. The van der Waals surface area contributed by atoms with Gasteiger partial charge in [-0.25, -0.2) is 4.79 Å². The zero-order valence-corrected chi connectivity index (χ0v) is 16.6. The summed E-state index contributed by atoms with van der Waals surface area (Å²) in [6.45, 7) is 3.90. The highest BCUT2D eigenvalue weighted by Gasteiger charge is 2.35. The van der Waals surface area contributed by atoms with Crippen LogP contribution in [-0.2, 0) is 9.53 Å². The van der Waals surface area contributed by atoms with Crippen LogP contribution in [0.3, 0.4) is 0 Å². The highest BCUT2D eigenvalue weighted by atomic mass is 32.1. The Balaban J connectivity index is 2.09. The smallest absolute Gasteiger partial charge is 0.337 e. The van der Waals surface area contributed by atoms with Gasteiger partial charge in [-0.3, -0.25) is 4.90 Å². The summed E-state index contributed by atoms with van der Waals surface area (Å²) in [4.78, 5) is 14.4. The fourth-order valence-electron chi connectivity index (χ4n) is 3.17. The molecule has 0 aliphatic carbocycles. The summed E-state index contributed by atoms with van der Waals surface area (Å²) in [5.74, 6) is 0.369. The maximum Gasteiger partial charge on any atom is 0.337 e. The van der Waals surface area contributed by atoms with Crippen molar-refractivity contribution in [2.75, 3.05) is 19.1 Å². The van der Waals surface area contributed by atoms with Gasteiger partial charge in [-0.1, -0.05) is 29.8 Å². The molecule has 0 spiro atoms. The summed E-state index contributed by atoms with van der Waals surface area (Å²) in [6.07, 6.45) is 0. The Kier molecular flexibility index (Phi) is 5.46. The zero-order chi connectivity index (χ0) is 19.6. The number of thiocarbonyl (C=S) groups is 1. The number of ether oxygens (including phenoxy) is 2. The lowest BCUT2D eigenvalue weighted by atomic mass is 9.94. The summed E-state index contributed by atoms with van der Waals surface area (Å²) in [5, 5.41) is 3.82. The normalized spacial score (nSPS) is 16.8. The molecule has 0 fully saturated rings. The van der Waals surface area contributed by atoms with Gasteiger partial charge in [-0.2, -0.15) is 0 Å². The molecule has 5 nitrogen and oxygen atoms in total. The van der Waals surface area contributed by atoms with E-state index in [0.29, 0.717) is 10.7 Å². The molecule has 27 heavy (non-hydrogen) atoms. The van der Waals surface area contributed by atoms with Crippen molar-refractivity contribution >= 4 is 29.0 Å². The zero-order valence-electron chi connectivity index (χ0n) is 15.8. The molecule has 0 bridgehead atoms. The van der Waals surface area contributed by atoms with E-state index in [1.807, 2.05) is 67.3 Å². The van der Waals surface area contributed by atoms with E-state index < -0.39 is 0 Å². The molecule has 2 aromatic carbocycles. The highest BCUT2D eigenvalue weighted by molar-refractivity contribution is 7.80. The van der Waals surface area contributed by atoms with Crippen molar-refractivity contribution in [3.63, 3.8) is 0 Å². The van der Waals surface area contributed by atoms with Crippen LogP contribution in [-0.4, -0.2) is 25.3 Å². The molecule has 1 unspecified atom stereocenters. The van der Waals surface area contributed by atoms with Crippen LogP contribution in [0.4, 0.5) is 5.69 Å². The number of nitrogens with zero attached hydrogens (tertiary/aromatic N) is 1. The quantitative estimate of drug-likeness (QED) is 0.640. The number of nitrogens with one attached hydrogen (secondary N) is 1. The van der Waals surface area contributed by atoms with E-state index in [1.54, 1.807) is 7.11 Å². The average Bonchev–Trinajstić information content (AvgIpc) is 2.68. The van der Waals surface area contributed by atoms with Gasteiger partial charge in [0, 0.05) is 11.4 Å². The summed E-state index contributed by atoms with van der Waals surface area (Å²) >= 11 is 5.62. The molecule has 3 rings (SSSR count). The average molecular weight is 382 g/mol. The minimum absolute atomic E-state index is 0.361. The first-order valence-electron chi connectivity index (χ1n) is 8.56. The van der Waals surface area contributed by atoms with Crippen LogP contribution in [0.1, 0.15) is 24.1 Å². The minimum Gasteiger partial charge on any atom is -0.497 e. The summed E-state index contributed by atoms with van der Waals surface area (Å²) < 4.78 is 10.3. The summed E-state index contributed by atoms with van der Waals surface area (Å²) in [5.41, 5.74) is 4.22. The third kappa shape index (κ3) is 3.66. The number of rotatable bonds is 4. The molecule has 6 heteroatoms. The first-order valence-corrected chi connectivity index (χ1v) is 8.97. The molecule has 0 radical (unpaired) electrons. The van der Waals surface area contributed by atoms with Crippen LogP contribution in [0.15, 0.2) is 59.8 Å². The second-order valence-corrected chi connectivity index (χ2v) is 6.70. The Labute approximate surface area is 164 Å². The van der Waals surface area contributed by atoms with Crippen LogP contribution in [0.2, 0.25) is 0 Å². The Morgan fingerprint density at radius 1 is 1.04 bits per heavy atom. The number of hydrogen-bond acceptors (Lipinski definition) is 4. The van der Waals surface area contributed by atoms with E-state index in [2.05, 4.69) is 5.32 Å². The van der Waals surface area contributed by atoms with Gasteiger partial charge in [0.1, 0.15) is 5.75 Å². The van der Waals surface area contributed by atoms with Crippen molar-refractivity contribution in [1.82, 2.24) is 5.32 Å². The van der Waals surface area contributed by atoms with Crippen LogP contribution in [0, 0.1) is 6.92 Å². The van der Waals surface area contributed by atoms with Gasteiger partial charge in [0.15, 0.2) is 5.11 Å². The Bertz CT molecular complexity index is 889. The van der Waals surface area contributed by atoms with Gasteiger partial charge < -0.3 is 14.8 Å². The van der Waals surface area contributed by atoms with Crippen molar-refractivity contribution < 1.29 is 14.3 Å². The number of hydrogen-bond donors (Lipinski definition) is 1. The monoisotopic (exact) mass is 382 g/mol. The van der Waals surface area contributed by atoms with Gasteiger partial charge in [0.25, 0.3) is 0 Å². The van der Waals surface area contributed by atoms with Crippen LogP contribution in [0.25, 0.3) is 0 Å². The van der Waals surface area contributed by atoms with Crippen molar-refractivity contribution in [3.05, 3.63) is 70.9 Å². The second-order valence-electron chi connectivity index (χ2n) is 6.32. The van der Waals surface area contributed by atoms with Crippen LogP contribution >= 0.6 is 12.2 Å². The number of benzene rings is 2. The summed E-state index contributed by atoms with van der Waals surface area (Å²) in [6, 6.07) is 15.2. The molecule has 1 atom stereocenters. The molecular formula is C21H22N2O3S. The second kappa shape index (κ2) is 7.80. The SMILES string of the molecule is COC(=O)C1=C(C)N(c2ccc(OC)cc2)C(=S)NC1c1ccc(C)cc1. The van der Waals surface area contributed by atoms with E-state index in [9.17, 15) is 4.79 Å². The van der Waals surface area contributed by atoms with Gasteiger partial charge in [-0.15, -0.1) is 0 Å². The number of aryl methyl sites for hydroxylation is 1. The minimum atomic E-state index is -0.383. The topological polar surface area (TPSA) is 50.8 Å². The molecule has 0 saturated heterocycles.